The maximum absolute atomic E-state index is 13.1. The van der Waals surface area contributed by atoms with Gasteiger partial charge in [-0.15, -0.1) is 0 Å². The fourth-order valence-electron chi connectivity index (χ4n) is 3.51. The minimum atomic E-state index is -0.204. The van der Waals surface area contributed by atoms with Crippen molar-refractivity contribution in [3.63, 3.8) is 0 Å². The number of H-pyrrole nitrogens is 1. The average molecular weight is 496 g/mol. The fraction of sp³-hybridized carbons (Fsp3) is 0.120. The molecule has 2 N–H and O–H groups in total. The molecular formula is C25H22FIN2. The Balaban J connectivity index is 1.38. The SMILES string of the molecule is C=C(NCCc1c[nH]c2ccc(I)cc12)c1cccc(Cc2ccc(F)cc2)c1. The van der Waals surface area contributed by atoms with E-state index in [2.05, 4.69) is 82.1 Å². The van der Waals surface area contributed by atoms with E-state index < -0.39 is 0 Å². The number of aromatic nitrogens is 1. The molecule has 0 saturated heterocycles. The Morgan fingerprint density at radius 2 is 1.83 bits per heavy atom. The van der Waals surface area contributed by atoms with Crippen LogP contribution in [-0.2, 0) is 12.8 Å². The predicted molar refractivity (Wildman–Crippen MR) is 127 cm³/mol. The van der Waals surface area contributed by atoms with Crippen molar-refractivity contribution in [2.24, 2.45) is 0 Å². The summed E-state index contributed by atoms with van der Waals surface area (Å²) < 4.78 is 14.3. The molecule has 0 unspecified atom stereocenters. The highest BCUT2D eigenvalue weighted by Gasteiger charge is 2.06. The molecule has 0 spiro atoms. The number of halogens is 2. The van der Waals surface area contributed by atoms with Crippen LogP contribution in [0.4, 0.5) is 4.39 Å². The molecule has 3 aromatic carbocycles. The van der Waals surface area contributed by atoms with Gasteiger partial charge in [0.1, 0.15) is 5.82 Å². The number of nitrogens with one attached hydrogen (secondary N) is 2. The third-order valence-electron chi connectivity index (χ3n) is 5.06. The average Bonchev–Trinajstić information content (AvgIpc) is 3.12. The monoisotopic (exact) mass is 496 g/mol. The zero-order valence-electron chi connectivity index (χ0n) is 16.0. The standard InChI is InChI=1S/C25H22FIN2/c1-17(28-12-11-21-16-29-25-10-9-23(27)15-24(21)25)20-4-2-3-19(14-20)13-18-5-7-22(26)8-6-18/h2-10,14-16,28-29H,1,11-13H2. The molecule has 0 saturated carbocycles. The fourth-order valence-corrected chi connectivity index (χ4v) is 4.01. The van der Waals surface area contributed by atoms with Gasteiger partial charge in [-0.1, -0.05) is 36.9 Å². The maximum Gasteiger partial charge on any atom is 0.123 e. The Kier molecular flexibility index (Phi) is 6.00. The number of aromatic amines is 1. The highest BCUT2D eigenvalue weighted by Crippen LogP contribution is 2.21. The third kappa shape index (κ3) is 4.88. The minimum absolute atomic E-state index is 0.204. The van der Waals surface area contributed by atoms with Crippen molar-refractivity contribution >= 4 is 39.2 Å². The topological polar surface area (TPSA) is 27.8 Å². The van der Waals surface area contributed by atoms with Crippen LogP contribution < -0.4 is 5.32 Å². The van der Waals surface area contributed by atoms with Gasteiger partial charge >= 0.3 is 0 Å². The van der Waals surface area contributed by atoms with Gasteiger partial charge in [0, 0.05) is 32.9 Å². The first-order chi connectivity index (χ1) is 14.1. The first kappa shape index (κ1) is 19.7. The van der Waals surface area contributed by atoms with Crippen molar-refractivity contribution in [2.75, 3.05) is 6.54 Å². The molecule has 0 atom stereocenters. The van der Waals surface area contributed by atoms with Gasteiger partial charge in [-0.2, -0.15) is 0 Å². The largest absolute Gasteiger partial charge is 0.385 e. The van der Waals surface area contributed by atoms with E-state index in [4.69, 9.17) is 0 Å². The van der Waals surface area contributed by atoms with Crippen molar-refractivity contribution in [1.82, 2.24) is 10.3 Å². The number of rotatable bonds is 7. The normalized spacial score (nSPS) is 11.0. The molecular weight excluding hydrogens is 474 g/mol. The Labute approximate surface area is 184 Å². The smallest absolute Gasteiger partial charge is 0.123 e. The first-order valence-electron chi connectivity index (χ1n) is 9.60. The molecule has 4 aromatic rings. The van der Waals surface area contributed by atoms with Gasteiger partial charge in [0.25, 0.3) is 0 Å². The minimum Gasteiger partial charge on any atom is -0.385 e. The van der Waals surface area contributed by atoms with Crippen LogP contribution in [-0.4, -0.2) is 11.5 Å². The van der Waals surface area contributed by atoms with Gasteiger partial charge in [0.15, 0.2) is 0 Å². The van der Waals surface area contributed by atoms with Crippen LogP contribution in [0.25, 0.3) is 16.6 Å². The van der Waals surface area contributed by atoms with Crippen LogP contribution in [0.1, 0.15) is 22.3 Å². The molecule has 1 heterocycles. The van der Waals surface area contributed by atoms with Crippen LogP contribution >= 0.6 is 22.6 Å². The molecule has 2 nitrogen and oxygen atoms in total. The molecule has 0 radical (unpaired) electrons. The summed E-state index contributed by atoms with van der Waals surface area (Å²) in [5.41, 5.74) is 6.76. The molecule has 0 amide bonds. The molecule has 29 heavy (non-hydrogen) atoms. The molecule has 0 bridgehead atoms. The second-order valence-electron chi connectivity index (χ2n) is 7.16. The highest BCUT2D eigenvalue weighted by molar-refractivity contribution is 14.1. The number of hydrogen-bond acceptors (Lipinski definition) is 1. The molecule has 0 fully saturated rings. The van der Waals surface area contributed by atoms with Gasteiger partial charge in [-0.25, -0.2) is 4.39 Å². The molecule has 4 heteroatoms. The Morgan fingerprint density at radius 3 is 2.66 bits per heavy atom. The molecule has 146 valence electrons. The molecule has 0 aliphatic rings. The second kappa shape index (κ2) is 8.82. The van der Waals surface area contributed by atoms with E-state index in [-0.39, 0.29) is 5.82 Å². The van der Waals surface area contributed by atoms with Crippen LogP contribution in [0.3, 0.4) is 0 Å². The summed E-state index contributed by atoms with van der Waals surface area (Å²) in [4.78, 5) is 3.34. The Morgan fingerprint density at radius 1 is 1.00 bits per heavy atom. The summed E-state index contributed by atoms with van der Waals surface area (Å²) >= 11 is 2.35. The van der Waals surface area contributed by atoms with Crippen molar-refractivity contribution < 1.29 is 4.39 Å². The first-order valence-corrected chi connectivity index (χ1v) is 10.7. The van der Waals surface area contributed by atoms with Gasteiger partial charge in [-0.3, -0.25) is 0 Å². The summed E-state index contributed by atoms with van der Waals surface area (Å²) in [5, 5.41) is 4.74. The summed E-state index contributed by atoms with van der Waals surface area (Å²) in [7, 11) is 0. The number of benzene rings is 3. The van der Waals surface area contributed by atoms with E-state index in [1.807, 2.05) is 18.2 Å². The molecule has 0 aliphatic carbocycles. The number of hydrogen-bond donors (Lipinski definition) is 2. The molecule has 0 aliphatic heterocycles. The van der Waals surface area contributed by atoms with E-state index >= 15 is 0 Å². The van der Waals surface area contributed by atoms with Gasteiger partial charge < -0.3 is 10.3 Å². The highest BCUT2D eigenvalue weighted by atomic mass is 127. The van der Waals surface area contributed by atoms with Crippen LogP contribution in [0.15, 0.2) is 79.5 Å². The molecule has 4 rings (SSSR count). The van der Waals surface area contributed by atoms with Crippen molar-refractivity contribution in [3.05, 3.63) is 111 Å². The summed E-state index contributed by atoms with van der Waals surface area (Å²) in [6.45, 7) is 5.03. The van der Waals surface area contributed by atoms with Crippen LogP contribution in [0.2, 0.25) is 0 Å². The van der Waals surface area contributed by atoms with Crippen molar-refractivity contribution in [3.8, 4) is 0 Å². The predicted octanol–water partition coefficient (Wildman–Crippen LogP) is 6.31. The Bertz CT molecular complexity index is 1150. The second-order valence-corrected chi connectivity index (χ2v) is 8.41. The lowest BCUT2D eigenvalue weighted by Gasteiger charge is -2.11. The summed E-state index contributed by atoms with van der Waals surface area (Å²) in [6, 6.07) is 21.5. The van der Waals surface area contributed by atoms with Crippen LogP contribution in [0, 0.1) is 9.39 Å². The number of fused-ring (bicyclic) bond motifs is 1. The van der Waals surface area contributed by atoms with Crippen molar-refractivity contribution in [1.29, 1.82) is 0 Å². The van der Waals surface area contributed by atoms with Gasteiger partial charge in [-0.05, 0) is 94.1 Å². The summed E-state index contributed by atoms with van der Waals surface area (Å²) in [6.07, 6.45) is 3.79. The van der Waals surface area contributed by atoms with E-state index in [0.29, 0.717) is 0 Å². The van der Waals surface area contributed by atoms with E-state index in [9.17, 15) is 4.39 Å². The van der Waals surface area contributed by atoms with Gasteiger partial charge in [0.05, 0.1) is 0 Å². The quantitative estimate of drug-likeness (QED) is 0.289. The van der Waals surface area contributed by atoms with Crippen LogP contribution in [0.5, 0.6) is 0 Å². The molecule has 1 aromatic heterocycles. The summed E-state index contributed by atoms with van der Waals surface area (Å²) in [5.74, 6) is -0.204. The Hall–Kier alpha value is -2.60. The lowest BCUT2D eigenvalue weighted by molar-refractivity contribution is 0.627. The lowest BCUT2D eigenvalue weighted by Crippen LogP contribution is -2.15. The van der Waals surface area contributed by atoms with E-state index in [1.54, 1.807) is 0 Å². The van der Waals surface area contributed by atoms with E-state index in [1.165, 1.54) is 37.7 Å². The van der Waals surface area contributed by atoms with E-state index in [0.717, 1.165) is 36.2 Å². The van der Waals surface area contributed by atoms with Crippen molar-refractivity contribution in [2.45, 2.75) is 12.8 Å². The zero-order chi connectivity index (χ0) is 20.2. The third-order valence-corrected chi connectivity index (χ3v) is 5.73. The lowest BCUT2D eigenvalue weighted by atomic mass is 10.0. The van der Waals surface area contributed by atoms with Gasteiger partial charge in [0.2, 0.25) is 0 Å². The zero-order valence-corrected chi connectivity index (χ0v) is 18.2. The maximum atomic E-state index is 13.1.